The van der Waals surface area contributed by atoms with Gasteiger partial charge in [0, 0.05) is 38.3 Å². The van der Waals surface area contributed by atoms with Gasteiger partial charge in [0.15, 0.2) is 22.8 Å². The van der Waals surface area contributed by atoms with Crippen molar-refractivity contribution in [2.24, 2.45) is 0 Å². The predicted octanol–water partition coefficient (Wildman–Crippen LogP) is 4.16. The largest absolute Gasteiger partial charge is 0.486 e. The Morgan fingerprint density at radius 2 is 1.46 bits per heavy atom. The van der Waals surface area contributed by atoms with E-state index in [1.54, 1.807) is 39.9 Å². The molecule has 2 aliphatic rings. The Kier molecular flexibility index (Phi) is 12.0. The number of ether oxygens (including phenoxy) is 3. The van der Waals surface area contributed by atoms with Gasteiger partial charge in [-0.1, -0.05) is 23.2 Å². The maximum absolute atomic E-state index is 13.3. The molecule has 0 unspecified atom stereocenters. The van der Waals surface area contributed by atoms with E-state index in [-0.39, 0.29) is 35.0 Å². The third-order valence-electron chi connectivity index (χ3n) is 8.65. The van der Waals surface area contributed by atoms with Crippen molar-refractivity contribution in [2.45, 2.75) is 64.9 Å². The Balaban J connectivity index is 0.000000276. The summed E-state index contributed by atoms with van der Waals surface area (Å²) in [6.45, 7) is 9.48. The Morgan fingerprint density at radius 1 is 0.870 bits per heavy atom. The zero-order chi connectivity index (χ0) is 38.4. The summed E-state index contributed by atoms with van der Waals surface area (Å²) in [7, 11) is 0. The molecule has 5 aromatic heterocycles. The lowest BCUT2D eigenvalue weighted by atomic mass is 10.0. The van der Waals surface area contributed by atoms with Crippen LogP contribution in [0.15, 0.2) is 58.5 Å². The van der Waals surface area contributed by atoms with E-state index in [1.165, 1.54) is 10.8 Å². The van der Waals surface area contributed by atoms with Crippen LogP contribution < -0.4 is 20.6 Å². The van der Waals surface area contributed by atoms with Crippen LogP contribution in [0.3, 0.4) is 0 Å². The molecule has 0 saturated carbocycles. The molecule has 5 aromatic rings. The smallest absolute Gasteiger partial charge is 0.410 e. The molecular weight excluding hydrogens is 741 g/mol. The van der Waals surface area contributed by atoms with E-state index in [0.717, 1.165) is 32.1 Å². The molecular formula is C36H39Cl2N9O7. The number of aldehydes is 1. The third kappa shape index (κ3) is 9.48. The molecule has 0 radical (unpaired) electrons. The average molecular weight is 781 g/mol. The van der Waals surface area contributed by atoms with Crippen LogP contribution in [-0.4, -0.2) is 101 Å². The summed E-state index contributed by atoms with van der Waals surface area (Å²) in [5.41, 5.74) is 1.46. The molecule has 2 aliphatic heterocycles. The topological polar surface area (TPSA) is 177 Å². The van der Waals surface area contributed by atoms with E-state index in [4.69, 9.17) is 37.4 Å². The van der Waals surface area contributed by atoms with Crippen LogP contribution in [-0.2, 0) is 29.2 Å². The zero-order valence-corrected chi connectivity index (χ0v) is 31.5. The van der Waals surface area contributed by atoms with Gasteiger partial charge in [-0.05, 0) is 57.9 Å². The van der Waals surface area contributed by atoms with Gasteiger partial charge in [-0.2, -0.15) is 0 Å². The molecule has 0 aliphatic carbocycles. The zero-order valence-electron chi connectivity index (χ0n) is 30.0. The number of carbonyl (C=O) groups is 2. The molecule has 1 amide bonds. The summed E-state index contributed by atoms with van der Waals surface area (Å²) in [5, 5.41) is 0.578. The first-order valence-corrected chi connectivity index (χ1v) is 18.1. The van der Waals surface area contributed by atoms with Crippen LogP contribution in [0.2, 0.25) is 10.3 Å². The van der Waals surface area contributed by atoms with Gasteiger partial charge in [-0.3, -0.25) is 28.6 Å². The van der Waals surface area contributed by atoms with Crippen molar-refractivity contribution in [1.29, 1.82) is 0 Å². The summed E-state index contributed by atoms with van der Waals surface area (Å²) < 4.78 is 19.9. The Hall–Kier alpha value is -5.19. The first-order chi connectivity index (χ1) is 25.9. The van der Waals surface area contributed by atoms with Gasteiger partial charge in [0.25, 0.3) is 11.1 Å². The van der Waals surface area contributed by atoms with Gasteiger partial charge in [-0.15, -0.1) is 0 Å². The molecule has 16 nitrogen and oxygen atoms in total. The van der Waals surface area contributed by atoms with E-state index in [0.29, 0.717) is 83.8 Å². The predicted molar refractivity (Wildman–Crippen MR) is 200 cm³/mol. The van der Waals surface area contributed by atoms with Gasteiger partial charge in [0.2, 0.25) is 0 Å². The minimum absolute atomic E-state index is 0.0175. The standard InChI is InChI=1S/C27H33ClN6O5.C9H6ClN3O2/c1-27(2,3)39-26(36)34(17-18-14-21-22(15-29-18)38-13-12-37-21)19-6-8-32(9-7-19)10-11-33-24(35)16-30-20-4-5-23(28)31-25(20)33;10-7-2-1-6-9(12-7)13(3-4-14)8(15)5-11-6/h4-5,14-16,19H,6-13,17H2,1-3H3;1-2,4-5H,3H2. The summed E-state index contributed by atoms with van der Waals surface area (Å²) in [6.07, 6.45) is 5.90. The van der Waals surface area contributed by atoms with E-state index in [2.05, 4.69) is 29.8 Å². The van der Waals surface area contributed by atoms with Crippen LogP contribution in [0.4, 0.5) is 4.79 Å². The lowest BCUT2D eigenvalue weighted by Gasteiger charge is -2.39. The lowest BCUT2D eigenvalue weighted by molar-refractivity contribution is -0.108. The quantitative estimate of drug-likeness (QED) is 0.162. The second-order valence-corrected chi connectivity index (χ2v) is 14.4. The maximum atomic E-state index is 13.3. The summed E-state index contributed by atoms with van der Waals surface area (Å²) >= 11 is 11.8. The number of likely N-dealkylation sites (tertiary alicyclic amines) is 1. The van der Waals surface area contributed by atoms with Crippen LogP contribution in [0.1, 0.15) is 39.3 Å². The summed E-state index contributed by atoms with van der Waals surface area (Å²) in [4.78, 5) is 72.5. The first kappa shape index (κ1) is 38.5. The lowest BCUT2D eigenvalue weighted by Crippen LogP contribution is -2.49. The highest BCUT2D eigenvalue weighted by Crippen LogP contribution is 2.31. The number of pyridine rings is 3. The number of nitrogens with zero attached hydrogens (tertiary/aromatic N) is 9. The van der Waals surface area contributed by atoms with E-state index >= 15 is 0 Å². The van der Waals surface area contributed by atoms with E-state index in [9.17, 15) is 19.2 Å². The summed E-state index contributed by atoms with van der Waals surface area (Å²) in [6, 6.07) is 8.45. The molecule has 0 aromatic carbocycles. The van der Waals surface area contributed by atoms with Crippen molar-refractivity contribution in [3.63, 3.8) is 0 Å². The molecule has 7 rings (SSSR count). The van der Waals surface area contributed by atoms with Gasteiger partial charge >= 0.3 is 6.09 Å². The normalized spacial score (nSPS) is 14.7. The fourth-order valence-corrected chi connectivity index (χ4v) is 6.40. The van der Waals surface area contributed by atoms with Gasteiger partial charge < -0.3 is 23.9 Å². The van der Waals surface area contributed by atoms with Crippen molar-refractivity contribution in [1.82, 2.24) is 43.9 Å². The highest BCUT2D eigenvalue weighted by Gasteiger charge is 2.32. The van der Waals surface area contributed by atoms with Crippen LogP contribution in [0.5, 0.6) is 11.5 Å². The van der Waals surface area contributed by atoms with Crippen molar-refractivity contribution in [3.8, 4) is 11.5 Å². The number of fused-ring (bicyclic) bond motifs is 3. The number of amides is 1. The third-order valence-corrected chi connectivity index (χ3v) is 9.08. The number of hydrogen-bond donors (Lipinski definition) is 0. The van der Waals surface area contributed by atoms with E-state index in [1.807, 2.05) is 26.8 Å². The van der Waals surface area contributed by atoms with Gasteiger partial charge in [0.1, 0.15) is 46.4 Å². The molecule has 0 atom stereocenters. The molecule has 7 heterocycles. The second kappa shape index (κ2) is 16.9. The Morgan fingerprint density at radius 3 is 2.07 bits per heavy atom. The average Bonchev–Trinajstić information content (AvgIpc) is 3.14. The molecule has 284 valence electrons. The highest BCUT2D eigenvalue weighted by atomic mass is 35.5. The Bertz CT molecular complexity index is 2270. The van der Waals surface area contributed by atoms with Crippen LogP contribution in [0, 0.1) is 0 Å². The minimum Gasteiger partial charge on any atom is -0.486 e. The molecule has 0 bridgehead atoms. The van der Waals surface area contributed by atoms with Gasteiger partial charge in [0.05, 0.1) is 37.4 Å². The van der Waals surface area contributed by atoms with E-state index < -0.39 is 5.60 Å². The highest BCUT2D eigenvalue weighted by molar-refractivity contribution is 6.30. The monoisotopic (exact) mass is 779 g/mol. The van der Waals surface area contributed by atoms with Crippen LogP contribution in [0.25, 0.3) is 22.3 Å². The van der Waals surface area contributed by atoms with Crippen molar-refractivity contribution in [2.75, 3.05) is 32.8 Å². The van der Waals surface area contributed by atoms with Crippen molar-refractivity contribution in [3.05, 3.63) is 85.6 Å². The second-order valence-electron chi connectivity index (χ2n) is 13.6. The molecule has 1 fully saturated rings. The first-order valence-electron chi connectivity index (χ1n) is 17.3. The molecule has 0 spiro atoms. The van der Waals surface area contributed by atoms with Crippen LogP contribution >= 0.6 is 23.2 Å². The molecule has 1 saturated heterocycles. The molecule has 18 heteroatoms. The summed E-state index contributed by atoms with van der Waals surface area (Å²) in [5.74, 6) is 1.25. The fraction of sp³-hybridized carbons (Fsp3) is 0.417. The van der Waals surface area contributed by atoms with Crippen molar-refractivity contribution < 1.29 is 23.8 Å². The number of piperidine rings is 1. The Labute approximate surface area is 319 Å². The fourth-order valence-electron chi connectivity index (χ4n) is 6.11. The number of carbonyl (C=O) groups excluding carboxylic acids is 2. The minimum atomic E-state index is -0.617. The maximum Gasteiger partial charge on any atom is 0.410 e. The number of halogens is 2. The molecule has 54 heavy (non-hydrogen) atoms. The van der Waals surface area contributed by atoms with Crippen molar-refractivity contribution >= 4 is 57.9 Å². The molecule has 0 N–H and O–H groups in total. The SMILES string of the molecule is CC(C)(C)OC(=O)N(Cc1cc2c(cn1)OCCO2)C1CCN(CCn2c(=O)cnc3ccc(Cl)nc32)CC1.O=CCn1c(=O)cnc2ccc(Cl)nc21. The number of aromatic nitrogens is 7. The van der Waals surface area contributed by atoms with Gasteiger partial charge in [-0.25, -0.2) is 24.7 Å². The number of rotatable bonds is 8. The number of hydrogen-bond acceptors (Lipinski definition) is 13.